The molecule has 0 aliphatic rings. The summed E-state index contributed by atoms with van der Waals surface area (Å²) in [7, 11) is 4.16. The van der Waals surface area contributed by atoms with E-state index in [1.807, 2.05) is 12.1 Å². The fourth-order valence-electron chi connectivity index (χ4n) is 1.93. The quantitative estimate of drug-likeness (QED) is 0.319. The molecule has 2 N–H and O–H groups in total. The average molecular weight is 402 g/mol. The van der Waals surface area contributed by atoms with Crippen LogP contribution in [0.3, 0.4) is 0 Å². The molecule has 4 nitrogen and oxygen atoms in total. The molecule has 118 valence electrons. The summed E-state index contributed by atoms with van der Waals surface area (Å²) in [5, 5.41) is 6.45. The molecule has 0 aromatic heterocycles. The highest BCUT2D eigenvalue weighted by Gasteiger charge is 2.13. The van der Waals surface area contributed by atoms with Gasteiger partial charge < -0.3 is 15.5 Å². The first-order valence-corrected chi connectivity index (χ1v) is 7.03. The summed E-state index contributed by atoms with van der Waals surface area (Å²) in [5.41, 5.74) is 1.28. The molecule has 0 saturated carbocycles. The zero-order valence-electron chi connectivity index (χ0n) is 13.2. The van der Waals surface area contributed by atoms with Crippen LogP contribution in [-0.2, 0) is 0 Å². The largest absolute Gasteiger partial charge is 0.357 e. The smallest absolute Gasteiger partial charge is 0.191 e. The van der Waals surface area contributed by atoms with E-state index in [9.17, 15) is 0 Å². The minimum atomic E-state index is 0. The Kier molecular flexibility index (Phi) is 11.0. The number of hydrogen-bond acceptors (Lipinski definition) is 2. The molecular weight excluding hydrogens is 375 g/mol. The van der Waals surface area contributed by atoms with Gasteiger partial charge in [0.2, 0.25) is 0 Å². The fraction of sp³-hybridized carbons (Fsp3) is 0.438. The van der Waals surface area contributed by atoms with Crippen molar-refractivity contribution in [1.29, 1.82) is 0 Å². The van der Waals surface area contributed by atoms with Gasteiger partial charge in [-0.3, -0.25) is 4.99 Å². The molecule has 0 amide bonds. The van der Waals surface area contributed by atoms with Crippen LogP contribution in [0.15, 0.2) is 48.0 Å². The Morgan fingerprint density at radius 3 is 2.48 bits per heavy atom. The van der Waals surface area contributed by atoms with Crippen LogP contribution in [0.4, 0.5) is 0 Å². The van der Waals surface area contributed by atoms with Crippen molar-refractivity contribution in [3.8, 4) is 0 Å². The Labute approximate surface area is 145 Å². The van der Waals surface area contributed by atoms with Gasteiger partial charge in [-0.15, -0.1) is 30.6 Å². The second-order valence-corrected chi connectivity index (χ2v) is 4.78. The van der Waals surface area contributed by atoms with E-state index in [1.165, 1.54) is 5.56 Å². The van der Waals surface area contributed by atoms with Crippen molar-refractivity contribution >= 4 is 29.9 Å². The summed E-state index contributed by atoms with van der Waals surface area (Å²) < 4.78 is 0. The molecule has 0 heterocycles. The average Bonchev–Trinajstić information content (AvgIpc) is 2.45. The molecule has 1 unspecified atom stereocenters. The molecule has 0 aliphatic heterocycles. The van der Waals surface area contributed by atoms with Crippen LogP contribution in [0.1, 0.15) is 18.5 Å². The maximum atomic E-state index is 4.65. The fourth-order valence-corrected chi connectivity index (χ4v) is 1.93. The van der Waals surface area contributed by atoms with Gasteiger partial charge in [0, 0.05) is 13.1 Å². The molecule has 0 fully saturated rings. The predicted molar refractivity (Wildman–Crippen MR) is 102 cm³/mol. The molecule has 1 atom stereocenters. The van der Waals surface area contributed by atoms with Gasteiger partial charge in [0.05, 0.1) is 12.6 Å². The second-order valence-electron chi connectivity index (χ2n) is 4.78. The van der Waals surface area contributed by atoms with E-state index in [4.69, 9.17) is 0 Å². The van der Waals surface area contributed by atoms with Crippen molar-refractivity contribution in [3.05, 3.63) is 48.6 Å². The number of guanidine groups is 1. The number of nitrogens with one attached hydrogen (secondary N) is 2. The van der Waals surface area contributed by atoms with Gasteiger partial charge >= 0.3 is 0 Å². The van der Waals surface area contributed by atoms with Gasteiger partial charge in [0.25, 0.3) is 0 Å². The molecule has 0 bridgehead atoms. The van der Waals surface area contributed by atoms with Gasteiger partial charge in [-0.25, -0.2) is 0 Å². The normalized spacial score (nSPS) is 12.5. The Morgan fingerprint density at radius 2 is 1.95 bits per heavy atom. The molecular formula is C16H27IN4. The van der Waals surface area contributed by atoms with E-state index in [-0.39, 0.29) is 30.0 Å². The van der Waals surface area contributed by atoms with Crippen molar-refractivity contribution in [1.82, 2.24) is 15.5 Å². The lowest BCUT2D eigenvalue weighted by Gasteiger charge is -2.23. The summed E-state index contributed by atoms with van der Waals surface area (Å²) >= 11 is 0. The molecule has 0 radical (unpaired) electrons. The summed E-state index contributed by atoms with van der Waals surface area (Å²) in [4.78, 5) is 6.84. The van der Waals surface area contributed by atoms with E-state index in [2.05, 4.69) is 72.4 Å². The topological polar surface area (TPSA) is 39.7 Å². The Bertz CT molecular complexity index is 418. The van der Waals surface area contributed by atoms with Crippen LogP contribution in [0.2, 0.25) is 0 Å². The minimum absolute atomic E-state index is 0. The summed E-state index contributed by atoms with van der Waals surface area (Å²) in [6.07, 6.45) is 1.83. The lowest BCUT2D eigenvalue weighted by atomic mass is 10.1. The highest BCUT2D eigenvalue weighted by atomic mass is 127. The maximum absolute atomic E-state index is 4.65. The first-order valence-electron chi connectivity index (χ1n) is 7.03. The summed E-state index contributed by atoms with van der Waals surface area (Å²) in [6, 6.07) is 10.7. The lowest BCUT2D eigenvalue weighted by molar-refractivity contribution is 0.306. The van der Waals surface area contributed by atoms with Gasteiger partial charge in [-0.05, 0) is 26.6 Å². The molecule has 5 heteroatoms. The molecule has 0 spiro atoms. The minimum Gasteiger partial charge on any atom is -0.357 e. The van der Waals surface area contributed by atoms with Crippen molar-refractivity contribution < 1.29 is 0 Å². The van der Waals surface area contributed by atoms with Crippen molar-refractivity contribution in [2.24, 2.45) is 4.99 Å². The third kappa shape index (κ3) is 7.47. The number of nitrogens with zero attached hydrogens (tertiary/aromatic N) is 2. The first kappa shape index (κ1) is 19.9. The standard InChI is InChI=1S/C16H26N4.HI/c1-5-12-18-16(17-6-2)19-13-15(20(3)4)14-10-8-7-9-11-14;/h5,7-11,15H,1,6,12-13H2,2-4H3,(H2,17,18,19);1H. The molecule has 1 rings (SSSR count). The van der Waals surface area contributed by atoms with Crippen LogP contribution in [0.25, 0.3) is 0 Å². The molecule has 1 aromatic rings. The van der Waals surface area contributed by atoms with Crippen molar-refractivity contribution in [2.45, 2.75) is 13.0 Å². The Hall–Kier alpha value is -1.08. The van der Waals surface area contributed by atoms with Crippen LogP contribution in [-0.4, -0.2) is 44.6 Å². The SMILES string of the molecule is C=CCNC(=NCC(c1ccccc1)N(C)C)NCC.I. The zero-order chi connectivity index (χ0) is 14.8. The molecule has 0 saturated heterocycles. The maximum Gasteiger partial charge on any atom is 0.191 e. The van der Waals surface area contributed by atoms with Gasteiger partial charge in [0.1, 0.15) is 0 Å². The summed E-state index contributed by atoms with van der Waals surface area (Å²) in [5.74, 6) is 0.829. The Morgan fingerprint density at radius 1 is 1.29 bits per heavy atom. The lowest BCUT2D eigenvalue weighted by Crippen LogP contribution is -2.38. The zero-order valence-corrected chi connectivity index (χ0v) is 15.5. The number of aliphatic imine (C=N–C) groups is 1. The number of hydrogen-bond donors (Lipinski definition) is 2. The Balaban J connectivity index is 0.00000400. The number of rotatable bonds is 7. The second kappa shape index (κ2) is 11.6. The predicted octanol–water partition coefficient (Wildman–Crippen LogP) is 2.65. The van der Waals surface area contributed by atoms with Crippen molar-refractivity contribution in [3.63, 3.8) is 0 Å². The van der Waals surface area contributed by atoms with E-state index in [0.29, 0.717) is 13.1 Å². The molecule has 0 aliphatic carbocycles. The molecule has 1 aromatic carbocycles. The van der Waals surface area contributed by atoms with Crippen LogP contribution >= 0.6 is 24.0 Å². The third-order valence-electron chi connectivity index (χ3n) is 2.99. The summed E-state index contributed by atoms with van der Waals surface area (Å²) in [6.45, 7) is 8.04. The van der Waals surface area contributed by atoms with E-state index in [0.717, 1.165) is 12.5 Å². The highest BCUT2D eigenvalue weighted by molar-refractivity contribution is 14.0. The van der Waals surface area contributed by atoms with Gasteiger partial charge in [-0.1, -0.05) is 36.4 Å². The highest BCUT2D eigenvalue weighted by Crippen LogP contribution is 2.17. The van der Waals surface area contributed by atoms with Crippen LogP contribution < -0.4 is 10.6 Å². The number of halogens is 1. The molecule has 21 heavy (non-hydrogen) atoms. The first-order chi connectivity index (χ1) is 9.69. The van der Waals surface area contributed by atoms with Crippen LogP contribution in [0.5, 0.6) is 0 Å². The van der Waals surface area contributed by atoms with E-state index < -0.39 is 0 Å². The monoisotopic (exact) mass is 402 g/mol. The van der Waals surface area contributed by atoms with Gasteiger partial charge in [0.15, 0.2) is 5.96 Å². The third-order valence-corrected chi connectivity index (χ3v) is 2.99. The van der Waals surface area contributed by atoms with E-state index in [1.54, 1.807) is 0 Å². The number of likely N-dealkylation sites (N-methyl/N-ethyl adjacent to an activating group) is 1. The van der Waals surface area contributed by atoms with Crippen molar-refractivity contribution in [2.75, 3.05) is 33.7 Å². The van der Waals surface area contributed by atoms with Crippen LogP contribution in [0, 0.1) is 0 Å². The van der Waals surface area contributed by atoms with Gasteiger partial charge in [-0.2, -0.15) is 0 Å². The number of benzene rings is 1. The van der Waals surface area contributed by atoms with E-state index >= 15 is 0 Å².